The minimum atomic E-state index is -0.644. The van der Waals surface area contributed by atoms with E-state index in [1.165, 1.54) is 6.42 Å². The number of amides is 1. The monoisotopic (exact) mass is 299 g/mol. The Kier molecular flexibility index (Phi) is 5.40. The van der Waals surface area contributed by atoms with E-state index in [1.54, 1.807) is 6.92 Å². The van der Waals surface area contributed by atoms with Crippen LogP contribution in [-0.4, -0.2) is 52.4 Å². The number of esters is 1. The number of ether oxygens (including phenoxy) is 1. The van der Waals surface area contributed by atoms with Gasteiger partial charge in [0.15, 0.2) is 0 Å². The molecule has 0 atom stereocenters. The van der Waals surface area contributed by atoms with E-state index < -0.39 is 5.97 Å². The third-order valence-electron chi connectivity index (χ3n) is 2.88. The molecule has 2 rings (SSSR count). The van der Waals surface area contributed by atoms with Crippen LogP contribution in [0.25, 0.3) is 0 Å². The topological polar surface area (TPSA) is 85.5 Å². The lowest BCUT2D eigenvalue weighted by Crippen LogP contribution is -2.36. The summed E-state index contributed by atoms with van der Waals surface area (Å²) in [6, 6.07) is 0. The lowest BCUT2D eigenvalue weighted by molar-refractivity contribution is -0.129. The zero-order valence-electron chi connectivity index (χ0n) is 11.3. The van der Waals surface area contributed by atoms with Crippen LogP contribution >= 0.6 is 11.8 Å². The molecule has 7 nitrogen and oxygen atoms in total. The van der Waals surface area contributed by atoms with Crippen molar-refractivity contribution < 1.29 is 18.7 Å². The SMILES string of the molecule is CCOC(=O)c1nnc(SCC(=O)N2CCCCC2)o1. The summed E-state index contributed by atoms with van der Waals surface area (Å²) in [5.41, 5.74) is 0. The van der Waals surface area contributed by atoms with Gasteiger partial charge >= 0.3 is 11.9 Å². The van der Waals surface area contributed by atoms with Crippen molar-refractivity contribution in [3.05, 3.63) is 5.89 Å². The maximum atomic E-state index is 11.9. The van der Waals surface area contributed by atoms with Crippen LogP contribution in [0, 0.1) is 0 Å². The summed E-state index contributed by atoms with van der Waals surface area (Å²) in [5, 5.41) is 7.51. The van der Waals surface area contributed by atoms with Gasteiger partial charge in [-0.25, -0.2) is 4.79 Å². The van der Waals surface area contributed by atoms with Crippen LogP contribution in [0.1, 0.15) is 36.9 Å². The molecule has 0 unspecified atom stereocenters. The molecule has 1 aromatic rings. The summed E-state index contributed by atoms with van der Waals surface area (Å²) in [4.78, 5) is 25.1. The fourth-order valence-electron chi connectivity index (χ4n) is 1.90. The summed E-state index contributed by atoms with van der Waals surface area (Å²) in [6.07, 6.45) is 3.30. The molecule has 0 aliphatic carbocycles. The molecule has 1 fully saturated rings. The first-order valence-electron chi connectivity index (χ1n) is 6.62. The van der Waals surface area contributed by atoms with Gasteiger partial charge in [-0.05, 0) is 26.2 Å². The van der Waals surface area contributed by atoms with Crippen LogP contribution in [0.4, 0.5) is 0 Å². The fraction of sp³-hybridized carbons (Fsp3) is 0.667. The normalized spacial score (nSPS) is 15.2. The summed E-state index contributed by atoms with van der Waals surface area (Å²) in [6.45, 7) is 3.58. The Hall–Kier alpha value is -1.57. The quantitative estimate of drug-likeness (QED) is 0.599. The van der Waals surface area contributed by atoms with Gasteiger partial charge in [-0.3, -0.25) is 4.79 Å². The van der Waals surface area contributed by atoms with Crippen molar-refractivity contribution in [2.75, 3.05) is 25.4 Å². The Morgan fingerprint density at radius 3 is 2.75 bits per heavy atom. The van der Waals surface area contributed by atoms with Gasteiger partial charge in [0.2, 0.25) is 5.91 Å². The summed E-state index contributed by atoms with van der Waals surface area (Å²) >= 11 is 1.14. The Morgan fingerprint density at radius 1 is 1.30 bits per heavy atom. The van der Waals surface area contributed by atoms with Gasteiger partial charge in [-0.1, -0.05) is 16.9 Å². The van der Waals surface area contributed by atoms with Crippen LogP contribution in [0.3, 0.4) is 0 Å². The molecule has 1 saturated heterocycles. The molecule has 1 aliphatic heterocycles. The average Bonchev–Trinajstić information content (AvgIpc) is 2.95. The average molecular weight is 299 g/mol. The molecule has 0 spiro atoms. The van der Waals surface area contributed by atoms with E-state index in [9.17, 15) is 9.59 Å². The predicted molar refractivity (Wildman–Crippen MR) is 71.4 cm³/mol. The van der Waals surface area contributed by atoms with E-state index in [0.717, 1.165) is 37.7 Å². The molecule has 20 heavy (non-hydrogen) atoms. The Morgan fingerprint density at radius 2 is 2.05 bits per heavy atom. The van der Waals surface area contributed by atoms with Gasteiger partial charge in [0.05, 0.1) is 12.4 Å². The lowest BCUT2D eigenvalue weighted by atomic mass is 10.1. The summed E-state index contributed by atoms with van der Waals surface area (Å²) in [7, 11) is 0. The van der Waals surface area contributed by atoms with E-state index in [1.807, 2.05) is 4.90 Å². The van der Waals surface area contributed by atoms with E-state index in [0.29, 0.717) is 0 Å². The van der Waals surface area contributed by atoms with Crippen molar-refractivity contribution in [2.24, 2.45) is 0 Å². The van der Waals surface area contributed by atoms with E-state index >= 15 is 0 Å². The zero-order valence-corrected chi connectivity index (χ0v) is 12.1. The summed E-state index contributed by atoms with van der Waals surface area (Å²) < 4.78 is 9.87. The first-order valence-corrected chi connectivity index (χ1v) is 7.60. The second-order valence-electron chi connectivity index (χ2n) is 4.32. The smallest absolute Gasteiger partial charge is 0.396 e. The Labute approximate surface area is 121 Å². The number of aromatic nitrogens is 2. The molecule has 0 saturated carbocycles. The first-order chi connectivity index (χ1) is 9.70. The number of piperidine rings is 1. The number of rotatable bonds is 5. The molecule has 0 aromatic carbocycles. The van der Waals surface area contributed by atoms with Crippen LogP contribution in [0.5, 0.6) is 0 Å². The van der Waals surface area contributed by atoms with Gasteiger partial charge in [0, 0.05) is 13.1 Å². The highest BCUT2D eigenvalue weighted by Crippen LogP contribution is 2.18. The first kappa shape index (κ1) is 14.8. The largest absolute Gasteiger partial charge is 0.459 e. The second kappa shape index (κ2) is 7.28. The van der Waals surface area contributed by atoms with Gasteiger partial charge in [0.25, 0.3) is 5.22 Å². The van der Waals surface area contributed by atoms with E-state index in [-0.39, 0.29) is 29.4 Å². The molecule has 2 heterocycles. The minimum absolute atomic E-state index is 0.0607. The maximum absolute atomic E-state index is 11.9. The van der Waals surface area contributed by atoms with Crippen LogP contribution in [-0.2, 0) is 9.53 Å². The minimum Gasteiger partial charge on any atom is -0.459 e. The van der Waals surface area contributed by atoms with Crippen molar-refractivity contribution in [1.82, 2.24) is 15.1 Å². The molecular weight excluding hydrogens is 282 g/mol. The van der Waals surface area contributed by atoms with E-state index in [4.69, 9.17) is 9.15 Å². The van der Waals surface area contributed by atoms with Crippen molar-refractivity contribution in [1.29, 1.82) is 0 Å². The number of likely N-dealkylation sites (tertiary alicyclic amines) is 1. The number of carbonyl (C=O) groups excluding carboxylic acids is 2. The molecule has 1 aliphatic rings. The number of nitrogens with zero attached hydrogens (tertiary/aromatic N) is 3. The van der Waals surface area contributed by atoms with Gasteiger partial charge in [-0.2, -0.15) is 0 Å². The van der Waals surface area contributed by atoms with Crippen LogP contribution in [0.2, 0.25) is 0 Å². The fourth-order valence-corrected chi connectivity index (χ4v) is 2.57. The molecule has 0 radical (unpaired) electrons. The van der Waals surface area contributed by atoms with Crippen LogP contribution in [0.15, 0.2) is 9.64 Å². The molecular formula is C12H17N3O4S. The number of thioether (sulfide) groups is 1. The third-order valence-corrected chi connectivity index (χ3v) is 3.69. The van der Waals surface area contributed by atoms with Gasteiger partial charge in [-0.15, -0.1) is 5.10 Å². The Bertz CT molecular complexity index is 471. The van der Waals surface area contributed by atoms with Crippen molar-refractivity contribution in [3.63, 3.8) is 0 Å². The molecule has 0 N–H and O–H groups in total. The predicted octanol–water partition coefficient (Wildman–Crippen LogP) is 1.35. The van der Waals surface area contributed by atoms with Crippen molar-refractivity contribution >= 4 is 23.6 Å². The number of hydrogen-bond acceptors (Lipinski definition) is 7. The van der Waals surface area contributed by atoms with Crippen molar-refractivity contribution in [3.8, 4) is 0 Å². The maximum Gasteiger partial charge on any atom is 0.396 e. The van der Waals surface area contributed by atoms with Crippen LogP contribution < -0.4 is 0 Å². The summed E-state index contributed by atoms with van der Waals surface area (Å²) in [5.74, 6) is -0.524. The second-order valence-corrected chi connectivity index (χ2v) is 5.25. The molecule has 0 bridgehead atoms. The highest BCUT2D eigenvalue weighted by molar-refractivity contribution is 7.99. The molecule has 1 amide bonds. The molecule has 1 aromatic heterocycles. The zero-order chi connectivity index (χ0) is 14.4. The lowest BCUT2D eigenvalue weighted by Gasteiger charge is -2.26. The van der Waals surface area contributed by atoms with E-state index in [2.05, 4.69) is 10.2 Å². The highest BCUT2D eigenvalue weighted by Gasteiger charge is 2.19. The highest BCUT2D eigenvalue weighted by atomic mass is 32.2. The number of hydrogen-bond donors (Lipinski definition) is 0. The van der Waals surface area contributed by atoms with Gasteiger partial charge in [0.1, 0.15) is 0 Å². The Balaban J connectivity index is 1.81. The third kappa shape index (κ3) is 3.96. The number of carbonyl (C=O) groups is 2. The molecule has 110 valence electrons. The van der Waals surface area contributed by atoms with Crippen molar-refractivity contribution in [2.45, 2.75) is 31.4 Å². The van der Waals surface area contributed by atoms with Gasteiger partial charge < -0.3 is 14.1 Å². The standard InChI is InChI=1S/C12H17N3O4S/c1-2-18-11(17)10-13-14-12(19-10)20-8-9(16)15-6-4-3-5-7-15/h2-8H2,1H3. The molecule has 8 heteroatoms.